The summed E-state index contributed by atoms with van der Waals surface area (Å²) in [6.45, 7) is 2.15. The molecule has 0 aromatic heterocycles. The summed E-state index contributed by atoms with van der Waals surface area (Å²) in [7, 11) is 0. The molecule has 7 heteroatoms. The van der Waals surface area contributed by atoms with Gasteiger partial charge in [0.15, 0.2) is 6.61 Å². The molecule has 1 aliphatic heterocycles. The number of aryl methyl sites for hydroxylation is 1. The zero-order valence-corrected chi connectivity index (χ0v) is 16.4. The highest BCUT2D eigenvalue weighted by Gasteiger charge is 2.29. The number of carbonyl (C=O) groups excluding carboxylic acids is 3. The second-order valence-electron chi connectivity index (χ2n) is 6.48. The number of amides is 2. The number of fused-ring (bicyclic) bond motifs is 1. The predicted molar refractivity (Wildman–Crippen MR) is 108 cm³/mol. The average Bonchev–Trinajstić information content (AvgIpc) is 2.68. The van der Waals surface area contributed by atoms with Crippen LogP contribution in [0, 0.1) is 6.92 Å². The van der Waals surface area contributed by atoms with E-state index in [-0.39, 0.29) is 24.8 Å². The van der Waals surface area contributed by atoms with Crippen molar-refractivity contribution in [2.24, 2.45) is 0 Å². The number of esters is 1. The third-order valence-electron chi connectivity index (χ3n) is 4.40. The van der Waals surface area contributed by atoms with E-state index in [1.807, 2.05) is 55.5 Å². The monoisotopic (exact) mass is 398 g/mol. The first-order valence-electron chi connectivity index (χ1n) is 9.06. The number of benzene rings is 2. The Bertz CT molecular complexity index is 884. The number of para-hydroxylation sites is 1. The van der Waals surface area contributed by atoms with Crippen molar-refractivity contribution in [3.05, 3.63) is 59.7 Å². The van der Waals surface area contributed by atoms with Gasteiger partial charge in [0.25, 0.3) is 5.91 Å². The summed E-state index contributed by atoms with van der Waals surface area (Å²) >= 11 is 1.33. The fraction of sp³-hybridized carbons (Fsp3) is 0.286. The molecule has 0 bridgehead atoms. The second-order valence-corrected chi connectivity index (χ2v) is 7.73. The molecule has 0 radical (unpaired) electrons. The van der Waals surface area contributed by atoms with Crippen LogP contribution >= 0.6 is 11.8 Å². The first-order valence-corrected chi connectivity index (χ1v) is 9.94. The fourth-order valence-corrected chi connectivity index (χ4v) is 3.96. The van der Waals surface area contributed by atoms with Crippen LogP contribution in [-0.2, 0) is 25.5 Å². The summed E-state index contributed by atoms with van der Waals surface area (Å²) in [6, 6.07) is 15.4. The molecule has 0 fully saturated rings. The molecule has 1 heterocycles. The molecule has 0 unspecified atom stereocenters. The molecule has 0 spiro atoms. The Labute approximate surface area is 168 Å². The number of thioether (sulfide) groups is 1. The molecule has 6 nitrogen and oxygen atoms in total. The van der Waals surface area contributed by atoms with E-state index in [0.717, 1.165) is 10.6 Å². The fourth-order valence-electron chi connectivity index (χ4n) is 2.86. The van der Waals surface area contributed by atoms with Crippen LogP contribution in [0.15, 0.2) is 53.4 Å². The molecule has 2 aromatic carbocycles. The van der Waals surface area contributed by atoms with Gasteiger partial charge in [0.1, 0.15) is 0 Å². The van der Waals surface area contributed by atoms with Crippen molar-refractivity contribution in [3.63, 3.8) is 0 Å². The van der Waals surface area contributed by atoms with Gasteiger partial charge in [0.05, 0.1) is 17.4 Å². The second kappa shape index (κ2) is 9.41. The zero-order chi connectivity index (χ0) is 19.9. The van der Waals surface area contributed by atoms with Gasteiger partial charge < -0.3 is 15.4 Å². The van der Waals surface area contributed by atoms with Crippen LogP contribution in [0.5, 0.6) is 0 Å². The maximum atomic E-state index is 12.1. The minimum atomic E-state index is -0.568. The quantitative estimate of drug-likeness (QED) is 0.701. The third kappa shape index (κ3) is 5.36. The molecule has 0 aliphatic carbocycles. The number of hydrogen-bond donors (Lipinski definition) is 2. The average molecular weight is 398 g/mol. The molecule has 28 heavy (non-hydrogen) atoms. The smallest absolute Gasteiger partial charge is 0.307 e. The molecule has 0 saturated carbocycles. The Kier molecular flexibility index (Phi) is 6.71. The minimum Gasteiger partial charge on any atom is -0.456 e. The summed E-state index contributed by atoms with van der Waals surface area (Å²) in [6.07, 6.45) is 0.631. The Hall–Kier alpha value is -2.80. The van der Waals surface area contributed by atoms with E-state index in [1.54, 1.807) is 0 Å². The van der Waals surface area contributed by atoms with Crippen molar-refractivity contribution in [1.82, 2.24) is 5.32 Å². The molecule has 2 N–H and O–H groups in total. The molecule has 146 valence electrons. The van der Waals surface area contributed by atoms with Crippen LogP contribution in [0.4, 0.5) is 5.69 Å². The third-order valence-corrected chi connectivity index (χ3v) is 5.68. The largest absolute Gasteiger partial charge is 0.456 e. The van der Waals surface area contributed by atoms with E-state index in [0.29, 0.717) is 13.0 Å². The lowest BCUT2D eigenvalue weighted by molar-refractivity contribution is -0.149. The van der Waals surface area contributed by atoms with E-state index in [1.165, 1.54) is 22.9 Å². The predicted octanol–water partition coefficient (Wildman–Crippen LogP) is 2.70. The lowest BCUT2D eigenvalue weighted by Crippen LogP contribution is -2.33. The van der Waals surface area contributed by atoms with Crippen molar-refractivity contribution in [2.45, 2.75) is 29.9 Å². The van der Waals surface area contributed by atoms with Gasteiger partial charge in [-0.3, -0.25) is 14.4 Å². The first-order chi connectivity index (χ1) is 13.5. The Morgan fingerprint density at radius 3 is 2.71 bits per heavy atom. The highest BCUT2D eigenvalue weighted by atomic mass is 32.2. The van der Waals surface area contributed by atoms with Crippen molar-refractivity contribution < 1.29 is 19.1 Å². The molecular weight excluding hydrogens is 376 g/mol. The molecular formula is C21H22N2O4S. The van der Waals surface area contributed by atoms with Gasteiger partial charge in [-0.2, -0.15) is 0 Å². The molecule has 2 aromatic rings. The van der Waals surface area contributed by atoms with Gasteiger partial charge in [0.2, 0.25) is 5.91 Å². The van der Waals surface area contributed by atoms with Gasteiger partial charge in [-0.1, -0.05) is 36.4 Å². The maximum absolute atomic E-state index is 12.1. The number of rotatable bonds is 7. The van der Waals surface area contributed by atoms with Crippen LogP contribution in [0.1, 0.15) is 17.5 Å². The first kappa shape index (κ1) is 19.9. The zero-order valence-electron chi connectivity index (χ0n) is 15.6. The van der Waals surface area contributed by atoms with Crippen LogP contribution in [-0.4, -0.2) is 36.2 Å². The van der Waals surface area contributed by atoms with Crippen molar-refractivity contribution in [3.8, 4) is 0 Å². The summed E-state index contributed by atoms with van der Waals surface area (Å²) < 4.78 is 5.03. The number of carbonyl (C=O) groups is 3. The van der Waals surface area contributed by atoms with Crippen molar-refractivity contribution in [1.29, 1.82) is 0 Å². The minimum absolute atomic E-state index is 0.0820. The summed E-state index contributed by atoms with van der Waals surface area (Å²) in [4.78, 5) is 36.9. The van der Waals surface area contributed by atoms with Crippen molar-refractivity contribution >= 4 is 35.2 Å². The van der Waals surface area contributed by atoms with Crippen molar-refractivity contribution in [2.75, 3.05) is 18.5 Å². The summed E-state index contributed by atoms with van der Waals surface area (Å²) in [5, 5.41) is 4.96. The van der Waals surface area contributed by atoms with Gasteiger partial charge in [0, 0.05) is 11.4 Å². The van der Waals surface area contributed by atoms with Crippen LogP contribution in [0.25, 0.3) is 0 Å². The number of hydrogen-bond acceptors (Lipinski definition) is 5. The SMILES string of the molecule is Cc1ccccc1CCNC(=O)COC(=O)C[C@@H]1Sc2ccccc2NC1=O. The van der Waals surface area contributed by atoms with Gasteiger partial charge in [-0.15, -0.1) is 11.8 Å². The molecule has 3 rings (SSSR count). The van der Waals surface area contributed by atoms with E-state index >= 15 is 0 Å². The van der Waals surface area contributed by atoms with E-state index in [2.05, 4.69) is 10.6 Å². The number of ether oxygens (including phenoxy) is 1. The summed E-state index contributed by atoms with van der Waals surface area (Å²) in [5.74, 6) is -1.16. The number of nitrogens with one attached hydrogen (secondary N) is 2. The lowest BCUT2D eigenvalue weighted by atomic mass is 10.1. The van der Waals surface area contributed by atoms with E-state index in [9.17, 15) is 14.4 Å². The lowest BCUT2D eigenvalue weighted by Gasteiger charge is -2.23. The Morgan fingerprint density at radius 2 is 1.89 bits per heavy atom. The summed E-state index contributed by atoms with van der Waals surface area (Å²) in [5.41, 5.74) is 3.09. The van der Waals surface area contributed by atoms with Crippen LogP contribution in [0.2, 0.25) is 0 Å². The highest BCUT2D eigenvalue weighted by molar-refractivity contribution is 8.01. The van der Waals surface area contributed by atoms with Gasteiger partial charge in [-0.25, -0.2) is 0 Å². The topological polar surface area (TPSA) is 84.5 Å². The normalized spacial score (nSPS) is 15.3. The highest BCUT2D eigenvalue weighted by Crippen LogP contribution is 2.36. The molecule has 0 saturated heterocycles. The van der Waals surface area contributed by atoms with Crippen LogP contribution in [0.3, 0.4) is 0 Å². The maximum Gasteiger partial charge on any atom is 0.307 e. The Balaban J connectivity index is 1.39. The molecule has 1 atom stereocenters. The molecule has 1 aliphatic rings. The number of anilines is 1. The molecule has 2 amide bonds. The Morgan fingerprint density at radius 1 is 1.14 bits per heavy atom. The standard InChI is InChI=1S/C21H22N2O4S/c1-14-6-2-3-7-15(14)10-11-22-19(24)13-27-20(25)12-18-21(26)23-16-8-4-5-9-17(16)28-18/h2-9,18H,10-13H2,1H3,(H,22,24)(H,23,26)/t18-/m0/s1. The van der Waals surface area contributed by atoms with Gasteiger partial charge in [-0.05, 0) is 36.6 Å². The van der Waals surface area contributed by atoms with E-state index in [4.69, 9.17) is 4.74 Å². The van der Waals surface area contributed by atoms with E-state index < -0.39 is 11.2 Å². The van der Waals surface area contributed by atoms with Crippen LogP contribution < -0.4 is 10.6 Å². The van der Waals surface area contributed by atoms with Gasteiger partial charge >= 0.3 is 5.97 Å².